The Kier molecular flexibility index (Phi) is 8.79. The molecule has 0 amide bonds. The van der Waals surface area contributed by atoms with E-state index in [9.17, 15) is 0 Å². The van der Waals surface area contributed by atoms with Gasteiger partial charge in [-0.25, -0.2) is 0 Å². The molecule has 0 aliphatic carbocycles. The zero-order chi connectivity index (χ0) is 28.8. The largest absolute Gasteiger partial charge is 0.496 e. The molecule has 8 nitrogen and oxygen atoms in total. The predicted octanol–water partition coefficient (Wildman–Crippen LogP) is 6.76. The number of rotatable bonds is 11. The quantitative estimate of drug-likeness (QED) is 0.204. The normalized spacial score (nSPS) is 10.5. The summed E-state index contributed by atoms with van der Waals surface area (Å²) in [6.45, 7) is 0. The molecule has 0 radical (unpaired) electrons. The lowest BCUT2D eigenvalue weighted by molar-refractivity contribution is 0.324. The molecule has 4 aromatic carbocycles. The molecular formula is C32H34O8. The Morgan fingerprint density at radius 1 is 0.350 bits per heavy atom. The van der Waals surface area contributed by atoms with Gasteiger partial charge in [0.05, 0.1) is 56.9 Å². The van der Waals surface area contributed by atoms with Gasteiger partial charge in [-0.2, -0.15) is 0 Å². The molecule has 0 saturated carbocycles. The molecule has 0 unspecified atom stereocenters. The van der Waals surface area contributed by atoms with E-state index in [-0.39, 0.29) is 0 Å². The van der Waals surface area contributed by atoms with Gasteiger partial charge in [0.15, 0.2) is 23.0 Å². The minimum atomic E-state index is 0.508. The highest BCUT2D eigenvalue weighted by Gasteiger charge is 2.24. The van der Waals surface area contributed by atoms with Gasteiger partial charge in [0.2, 0.25) is 11.5 Å². The van der Waals surface area contributed by atoms with Crippen LogP contribution in [0.3, 0.4) is 0 Å². The van der Waals surface area contributed by atoms with Crippen molar-refractivity contribution in [3.8, 4) is 79.4 Å². The number of hydrogen-bond acceptors (Lipinski definition) is 8. The van der Waals surface area contributed by atoms with Crippen molar-refractivity contribution in [2.75, 3.05) is 56.9 Å². The maximum atomic E-state index is 5.92. The first-order chi connectivity index (χ1) is 19.5. The average Bonchev–Trinajstić information content (AvgIpc) is 3.02. The highest BCUT2D eigenvalue weighted by Crippen LogP contribution is 2.51. The van der Waals surface area contributed by atoms with E-state index in [1.165, 1.54) is 0 Å². The van der Waals surface area contributed by atoms with E-state index in [2.05, 4.69) is 0 Å². The summed E-state index contributed by atoms with van der Waals surface area (Å²) in [6.07, 6.45) is 0. The van der Waals surface area contributed by atoms with Crippen LogP contribution in [0.25, 0.3) is 33.4 Å². The van der Waals surface area contributed by atoms with Crippen LogP contribution in [-0.4, -0.2) is 56.9 Å². The topological polar surface area (TPSA) is 73.8 Å². The molecule has 4 aromatic rings. The van der Waals surface area contributed by atoms with Crippen LogP contribution in [0.5, 0.6) is 46.0 Å². The third-order valence-electron chi connectivity index (χ3n) is 6.69. The summed E-state index contributed by atoms with van der Waals surface area (Å²) in [5.41, 5.74) is 5.06. The van der Waals surface area contributed by atoms with E-state index in [1.807, 2.05) is 60.7 Å². The van der Waals surface area contributed by atoms with Gasteiger partial charge < -0.3 is 37.9 Å². The van der Waals surface area contributed by atoms with Gasteiger partial charge in [0.25, 0.3) is 0 Å². The van der Waals surface area contributed by atoms with Crippen LogP contribution in [-0.2, 0) is 0 Å². The summed E-state index contributed by atoms with van der Waals surface area (Å²) >= 11 is 0. The van der Waals surface area contributed by atoms with Crippen molar-refractivity contribution < 1.29 is 37.9 Å². The zero-order valence-electron chi connectivity index (χ0n) is 24.0. The molecule has 0 atom stereocenters. The van der Waals surface area contributed by atoms with Gasteiger partial charge in [-0.05, 0) is 58.7 Å². The summed E-state index contributed by atoms with van der Waals surface area (Å²) in [4.78, 5) is 0. The minimum absolute atomic E-state index is 0.508. The van der Waals surface area contributed by atoms with Gasteiger partial charge in [-0.3, -0.25) is 0 Å². The van der Waals surface area contributed by atoms with E-state index in [0.717, 1.165) is 33.4 Å². The first-order valence-electron chi connectivity index (χ1n) is 12.4. The molecule has 0 spiro atoms. The van der Waals surface area contributed by atoms with Crippen molar-refractivity contribution in [1.82, 2.24) is 0 Å². The van der Waals surface area contributed by atoms with Crippen LogP contribution in [0.1, 0.15) is 0 Å². The number of hydrogen-bond donors (Lipinski definition) is 0. The van der Waals surface area contributed by atoms with Crippen molar-refractivity contribution in [2.24, 2.45) is 0 Å². The van der Waals surface area contributed by atoms with Gasteiger partial charge in [-0.15, -0.1) is 0 Å². The molecule has 0 bridgehead atoms. The highest BCUT2D eigenvalue weighted by molar-refractivity contribution is 5.98. The van der Waals surface area contributed by atoms with E-state index < -0.39 is 0 Å². The number of methoxy groups -OCH3 is 8. The van der Waals surface area contributed by atoms with Crippen LogP contribution in [0.4, 0.5) is 0 Å². The van der Waals surface area contributed by atoms with E-state index in [0.29, 0.717) is 46.0 Å². The lowest BCUT2D eigenvalue weighted by atomic mass is 9.87. The third-order valence-corrected chi connectivity index (χ3v) is 6.69. The maximum absolute atomic E-state index is 5.92. The fourth-order valence-corrected chi connectivity index (χ4v) is 4.87. The van der Waals surface area contributed by atoms with Crippen LogP contribution in [0.2, 0.25) is 0 Å². The molecule has 8 heteroatoms. The second-order valence-electron chi connectivity index (χ2n) is 8.59. The van der Waals surface area contributed by atoms with Crippen molar-refractivity contribution in [2.45, 2.75) is 0 Å². The summed E-state index contributed by atoms with van der Waals surface area (Å²) < 4.78 is 45.6. The first-order valence-corrected chi connectivity index (χ1v) is 12.4. The Balaban J connectivity index is 2.10. The van der Waals surface area contributed by atoms with Crippen molar-refractivity contribution >= 4 is 0 Å². The fourth-order valence-electron chi connectivity index (χ4n) is 4.87. The minimum Gasteiger partial charge on any atom is -0.496 e. The predicted molar refractivity (Wildman–Crippen MR) is 155 cm³/mol. The second kappa shape index (κ2) is 12.4. The maximum Gasteiger partial charge on any atom is 0.203 e. The smallest absolute Gasteiger partial charge is 0.203 e. The van der Waals surface area contributed by atoms with Gasteiger partial charge in [-0.1, -0.05) is 24.3 Å². The Labute approximate surface area is 234 Å². The van der Waals surface area contributed by atoms with Crippen molar-refractivity contribution in [1.29, 1.82) is 0 Å². The van der Waals surface area contributed by atoms with Crippen molar-refractivity contribution in [3.05, 3.63) is 60.7 Å². The molecule has 0 aliphatic heterocycles. The van der Waals surface area contributed by atoms with E-state index >= 15 is 0 Å². The summed E-state index contributed by atoms with van der Waals surface area (Å²) in [7, 11) is 12.8. The standard InChI is InChI=1S/C32H34O8/c1-33-23-13-9-11-21(19-15-25(35-3)31(39-7)26(16-19)36-4)29(23)30-22(12-10-14-24(30)34-2)20-17-27(37-5)32(40-8)28(18-20)38-6/h9-18H,1-8H3. The fraction of sp³-hybridized carbons (Fsp3) is 0.250. The second-order valence-corrected chi connectivity index (χ2v) is 8.59. The highest BCUT2D eigenvalue weighted by atomic mass is 16.5. The lowest BCUT2D eigenvalue weighted by Crippen LogP contribution is -2.00. The molecule has 210 valence electrons. The molecular weight excluding hydrogens is 512 g/mol. The first kappa shape index (κ1) is 28.3. The Hall–Kier alpha value is -4.72. The van der Waals surface area contributed by atoms with Gasteiger partial charge in [0.1, 0.15) is 11.5 Å². The monoisotopic (exact) mass is 546 g/mol. The third kappa shape index (κ3) is 5.00. The molecule has 0 aliphatic rings. The van der Waals surface area contributed by atoms with Crippen LogP contribution in [0.15, 0.2) is 60.7 Å². The Morgan fingerprint density at radius 3 is 0.900 bits per heavy atom. The molecule has 4 rings (SSSR count). The average molecular weight is 547 g/mol. The molecule has 0 heterocycles. The lowest BCUT2D eigenvalue weighted by Gasteiger charge is -2.22. The van der Waals surface area contributed by atoms with Crippen LogP contribution in [0, 0.1) is 0 Å². The summed E-state index contributed by atoms with van der Waals surface area (Å²) in [5, 5.41) is 0. The van der Waals surface area contributed by atoms with E-state index in [4.69, 9.17) is 37.9 Å². The van der Waals surface area contributed by atoms with Crippen LogP contribution < -0.4 is 37.9 Å². The molecule has 0 N–H and O–H groups in total. The SMILES string of the molecule is COc1cc(-c2cccc(OC)c2-c2c(OC)cccc2-c2cc(OC)c(OC)c(OC)c2)cc(OC)c1OC. The van der Waals surface area contributed by atoms with Gasteiger partial charge in [0, 0.05) is 11.1 Å². The molecule has 0 fully saturated rings. The van der Waals surface area contributed by atoms with Crippen molar-refractivity contribution in [3.63, 3.8) is 0 Å². The van der Waals surface area contributed by atoms with Gasteiger partial charge >= 0.3 is 0 Å². The number of ether oxygens (including phenoxy) is 8. The van der Waals surface area contributed by atoms with E-state index in [1.54, 1.807) is 56.9 Å². The Bertz CT molecular complexity index is 1330. The number of benzene rings is 4. The summed E-state index contributed by atoms with van der Waals surface area (Å²) in [5.74, 6) is 4.48. The molecule has 40 heavy (non-hydrogen) atoms. The van der Waals surface area contributed by atoms with Crippen LogP contribution >= 0.6 is 0 Å². The Morgan fingerprint density at radius 2 is 0.650 bits per heavy atom. The summed E-state index contributed by atoms with van der Waals surface area (Å²) in [6, 6.07) is 19.4. The zero-order valence-corrected chi connectivity index (χ0v) is 24.0. The molecule has 0 aromatic heterocycles. The molecule has 0 saturated heterocycles.